The van der Waals surface area contributed by atoms with Crippen molar-refractivity contribution in [1.82, 2.24) is 15.2 Å². The predicted octanol–water partition coefficient (Wildman–Crippen LogP) is 2.15. The number of aromatic carboxylic acids is 1. The van der Waals surface area contributed by atoms with Crippen LogP contribution in [0, 0.1) is 6.92 Å². The molecule has 0 aliphatic carbocycles. The van der Waals surface area contributed by atoms with E-state index in [1.165, 1.54) is 23.1 Å². The van der Waals surface area contributed by atoms with Gasteiger partial charge in [0.25, 0.3) is 0 Å². The smallest absolute Gasteiger partial charge is 0.347 e. The zero-order valence-corrected chi connectivity index (χ0v) is 9.95. The molecule has 15 heavy (non-hydrogen) atoms. The van der Waals surface area contributed by atoms with Crippen LogP contribution in [0.25, 0.3) is 0 Å². The maximum atomic E-state index is 10.8. The zero-order valence-electron chi connectivity index (χ0n) is 7.50. The second-order valence-corrected chi connectivity index (χ2v) is 5.83. The number of aromatic nitrogens is 3. The summed E-state index contributed by atoms with van der Waals surface area (Å²) in [6, 6.07) is 0. The normalized spacial score (nSPS) is 10.5. The molecule has 2 aromatic heterocycles. The maximum Gasteiger partial charge on any atom is 0.347 e. The number of carboxylic acids is 1. The Morgan fingerprint density at radius 1 is 1.53 bits per heavy atom. The largest absolute Gasteiger partial charge is 0.477 e. The van der Waals surface area contributed by atoms with Crippen molar-refractivity contribution >= 4 is 40.4 Å². The fourth-order valence-corrected chi connectivity index (χ4v) is 3.60. The standard InChI is InChI=1S/C7H5N3O2S3/c1-3-4(5(11)12)14-6(9-3)15-7-10-8-2-13-7/h2H,1H3,(H,11,12). The summed E-state index contributed by atoms with van der Waals surface area (Å²) in [5.74, 6) is -0.936. The lowest BCUT2D eigenvalue weighted by Crippen LogP contribution is -1.94. The van der Waals surface area contributed by atoms with Crippen molar-refractivity contribution in [3.8, 4) is 0 Å². The van der Waals surface area contributed by atoms with Crippen LogP contribution in [0.5, 0.6) is 0 Å². The monoisotopic (exact) mass is 259 g/mol. The molecule has 2 rings (SSSR count). The highest BCUT2D eigenvalue weighted by Gasteiger charge is 2.15. The minimum atomic E-state index is -0.936. The molecule has 2 aromatic rings. The van der Waals surface area contributed by atoms with Gasteiger partial charge in [-0.3, -0.25) is 0 Å². The van der Waals surface area contributed by atoms with Gasteiger partial charge in [0.1, 0.15) is 10.4 Å². The summed E-state index contributed by atoms with van der Waals surface area (Å²) >= 11 is 3.89. The van der Waals surface area contributed by atoms with Crippen LogP contribution in [0.2, 0.25) is 0 Å². The van der Waals surface area contributed by atoms with E-state index in [9.17, 15) is 4.79 Å². The van der Waals surface area contributed by atoms with Gasteiger partial charge in [-0.1, -0.05) is 22.7 Å². The maximum absolute atomic E-state index is 10.8. The summed E-state index contributed by atoms with van der Waals surface area (Å²) in [5, 5.41) is 16.4. The number of carboxylic acid groups (broad SMARTS) is 1. The quantitative estimate of drug-likeness (QED) is 0.910. The van der Waals surface area contributed by atoms with Crippen molar-refractivity contribution in [3.63, 3.8) is 0 Å². The topological polar surface area (TPSA) is 76.0 Å². The highest BCUT2D eigenvalue weighted by Crippen LogP contribution is 2.33. The molecule has 0 aromatic carbocycles. The molecule has 78 valence electrons. The fourth-order valence-electron chi connectivity index (χ4n) is 0.896. The SMILES string of the molecule is Cc1nc(Sc2nncs2)sc1C(=O)O. The van der Waals surface area contributed by atoms with E-state index >= 15 is 0 Å². The van der Waals surface area contributed by atoms with Crippen LogP contribution in [-0.4, -0.2) is 26.3 Å². The van der Waals surface area contributed by atoms with Gasteiger partial charge < -0.3 is 5.11 Å². The van der Waals surface area contributed by atoms with E-state index in [2.05, 4.69) is 15.2 Å². The molecule has 5 nitrogen and oxygen atoms in total. The molecule has 0 atom stereocenters. The Balaban J connectivity index is 2.23. The average Bonchev–Trinajstić information content (AvgIpc) is 2.75. The van der Waals surface area contributed by atoms with E-state index in [1.807, 2.05) is 0 Å². The van der Waals surface area contributed by atoms with Crippen LogP contribution < -0.4 is 0 Å². The third kappa shape index (κ3) is 2.33. The molecule has 0 aliphatic heterocycles. The van der Waals surface area contributed by atoms with Crippen molar-refractivity contribution in [2.24, 2.45) is 0 Å². The molecular weight excluding hydrogens is 254 g/mol. The van der Waals surface area contributed by atoms with Gasteiger partial charge >= 0.3 is 5.97 Å². The summed E-state index contributed by atoms with van der Waals surface area (Å²) in [6.45, 7) is 1.68. The van der Waals surface area contributed by atoms with E-state index in [0.717, 1.165) is 15.7 Å². The molecule has 0 spiro atoms. The third-order valence-corrected chi connectivity index (χ3v) is 4.47. The van der Waals surface area contributed by atoms with Gasteiger partial charge in [-0.15, -0.1) is 10.2 Å². The Morgan fingerprint density at radius 3 is 2.87 bits per heavy atom. The number of hydrogen-bond acceptors (Lipinski definition) is 7. The molecule has 0 saturated heterocycles. The van der Waals surface area contributed by atoms with Crippen LogP contribution in [-0.2, 0) is 0 Å². The molecule has 0 radical (unpaired) electrons. The Bertz CT molecular complexity index is 480. The zero-order chi connectivity index (χ0) is 10.8. The molecule has 0 fully saturated rings. The Kier molecular flexibility index (Phi) is 2.98. The number of rotatable bonds is 3. The number of thiazole rings is 1. The van der Waals surface area contributed by atoms with E-state index in [4.69, 9.17) is 5.11 Å². The van der Waals surface area contributed by atoms with Crippen molar-refractivity contribution in [2.75, 3.05) is 0 Å². The van der Waals surface area contributed by atoms with Gasteiger partial charge in [-0.25, -0.2) is 9.78 Å². The van der Waals surface area contributed by atoms with Crippen LogP contribution >= 0.6 is 34.4 Å². The highest BCUT2D eigenvalue weighted by atomic mass is 32.2. The van der Waals surface area contributed by atoms with Crippen LogP contribution in [0.4, 0.5) is 0 Å². The molecule has 0 unspecified atom stereocenters. The second-order valence-electron chi connectivity index (χ2n) is 2.51. The fraction of sp³-hybridized carbons (Fsp3) is 0.143. The number of carbonyl (C=O) groups is 1. The van der Waals surface area contributed by atoms with Crippen molar-refractivity contribution in [2.45, 2.75) is 15.6 Å². The first-order valence-electron chi connectivity index (χ1n) is 3.81. The van der Waals surface area contributed by atoms with Crippen molar-refractivity contribution in [1.29, 1.82) is 0 Å². The predicted molar refractivity (Wildman–Crippen MR) is 57.8 cm³/mol. The van der Waals surface area contributed by atoms with Gasteiger partial charge in [0.15, 0.2) is 8.68 Å². The lowest BCUT2D eigenvalue weighted by Gasteiger charge is -1.86. The van der Waals surface area contributed by atoms with Crippen LogP contribution in [0.15, 0.2) is 14.2 Å². The van der Waals surface area contributed by atoms with Gasteiger partial charge in [0.05, 0.1) is 5.69 Å². The average molecular weight is 259 g/mol. The summed E-state index contributed by atoms with van der Waals surface area (Å²) in [7, 11) is 0. The first-order chi connectivity index (χ1) is 7.16. The summed E-state index contributed by atoms with van der Waals surface area (Å²) < 4.78 is 1.45. The molecular formula is C7H5N3O2S3. The van der Waals surface area contributed by atoms with Crippen LogP contribution in [0.1, 0.15) is 15.4 Å². The Hall–Kier alpha value is -0.990. The third-order valence-electron chi connectivity index (χ3n) is 1.49. The summed E-state index contributed by atoms with van der Waals surface area (Å²) in [6.07, 6.45) is 0. The second kappa shape index (κ2) is 4.25. The first kappa shape index (κ1) is 10.5. The first-order valence-corrected chi connectivity index (χ1v) is 6.33. The molecule has 8 heteroatoms. The number of hydrogen-bond donors (Lipinski definition) is 1. The Labute approximate surface area is 97.2 Å². The van der Waals surface area contributed by atoms with E-state index in [0.29, 0.717) is 10.0 Å². The van der Waals surface area contributed by atoms with Gasteiger partial charge in [0, 0.05) is 0 Å². The lowest BCUT2D eigenvalue weighted by atomic mass is 10.4. The molecule has 2 heterocycles. The summed E-state index contributed by atoms with van der Waals surface area (Å²) in [5.41, 5.74) is 2.17. The molecule has 0 aliphatic rings. The van der Waals surface area contributed by atoms with Gasteiger partial charge in [-0.2, -0.15) is 0 Å². The number of aryl methyl sites for hydroxylation is 1. The molecule has 0 saturated carbocycles. The highest BCUT2D eigenvalue weighted by molar-refractivity contribution is 8.02. The number of nitrogens with zero attached hydrogens (tertiary/aromatic N) is 3. The Morgan fingerprint density at radius 2 is 2.33 bits per heavy atom. The minimum absolute atomic E-state index is 0.280. The van der Waals surface area contributed by atoms with Crippen molar-refractivity contribution in [3.05, 3.63) is 16.1 Å². The van der Waals surface area contributed by atoms with E-state index < -0.39 is 5.97 Å². The van der Waals surface area contributed by atoms with Gasteiger partial charge in [-0.05, 0) is 18.7 Å². The van der Waals surface area contributed by atoms with Crippen molar-refractivity contribution < 1.29 is 9.90 Å². The summed E-state index contributed by atoms with van der Waals surface area (Å²) in [4.78, 5) is 15.2. The lowest BCUT2D eigenvalue weighted by molar-refractivity contribution is 0.0701. The minimum Gasteiger partial charge on any atom is -0.477 e. The molecule has 0 amide bonds. The van der Waals surface area contributed by atoms with E-state index in [1.54, 1.807) is 12.4 Å². The van der Waals surface area contributed by atoms with Gasteiger partial charge in [0.2, 0.25) is 0 Å². The molecule has 0 bridgehead atoms. The van der Waals surface area contributed by atoms with Crippen LogP contribution in [0.3, 0.4) is 0 Å². The molecule has 1 N–H and O–H groups in total. The van der Waals surface area contributed by atoms with E-state index in [-0.39, 0.29) is 4.88 Å².